The molecule has 2 aromatic heterocycles. The number of aliphatic hydroxyl groups excluding tert-OH is 1. The molecule has 1 amide bonds. The fraction of sp³-hybridized carbons (Fsp3) is 0.333. The van der Waals surface area contributed by atoms with Crippen molar-refractivity contribution in [2.75, 3.05) is 13.2 Å². The highest BCUT2D eigenvalue weighted by Gasteiger charge is 2.17. The number of carbonyl (C=O) groups excluding carboxylic acids is 1. The number of aryl methyl sites for hydroxylation is 1. The van der Waals surface area contributed by atoms with Crippen LogP contribution in [-0.4, -0.2) is 33.7 Å². The first kappa shape index (κ1) is 12.8. The summed E-state index contributed by atoms with van der Waals surface area (Å²) in [7, 11) is 0. The van der Waals surface area contributed by atoms with Crippen molar-refractivity contribution in [3.8, 4) is 5.13 Å². The van der Waals surface area contributed by atoms with E-state index in [0.717, 1.165) is 16.5 Å². The molecular weight excluding hydrogens is 250 g/mol. The van der Waals surface area contributed by atoms with E-state index in [4.69, 9.17) is 5.11 Å². The fourth-order valence-electron chi connectivity index (χ4n) is 1.88. The molecule has 0 saturated carbocycles. The SMILES string of the molecule is Cc1cc(C(=O)NCCO)c(C)n1-c1nccs1. The Hall–Kier alpha value is -1.66. The van der Waals surface area contributed by atoms with Crippen LogP contribution in [0.4, 0.5) is 0 Å². The molecule has 0 saturated heterocycles. The van der Waals surface area contributed by atoms with Crippen molar-refractivity contribution < 1.29 is 9.90 Å². The molecule has 0 radical (unpaired) electrons. The number of aliphatic hydroxyl groups is 1. The maximum Gasteiger partial charge on any atom is 0.253 e. The first-order chi connectivity index (χ1) is 8.65. The molecule has 2 aromatic rings. The van der Waals surface area contributed by atoms with Crippen LogP contribution in [-0.2, 0) is 0 Å². The molecule has 0 spiro atoms. The summed E-state index contributed by atoms with van der Waals surface area (Å²) < 4.78 is 1.96. The van der Waals surface area contributed by atoms with E-state index >= 15 is 0 Å². The van der Waals surface area contributed by atoms with Crippen LogP contribution in [0.2, 0.25) is 0 Å². The molecule has 6 heteroatoms. The van der Waals surface area contributed by atoms with Crippen LogP contribution in [0.3, 0.4) is 0 Å². The Morgan fingerprint density at radius 3 is 2.94 bits per heavy atom. The molecule has 96 valence electrons. The molecule has 2 N–H and O–H groups in total. The highest BCUT2D eigenvalue weighted by molar-refractivity contribution is 7.12. The topological polar surface area (TPSA) is 67.2 Å². The quantitative estimate of drug-likeness (QED) is 0.875. The zero-order valence-electron chi connectivity index (χ0n) is 10.3. The summed E-state index contributed by atoms with van der Waals surface area (Å²) in [6.45, 7) is 4.04. The van der Waals surface area contributed by atoms with E-state index < -0.39 is 0 Å². The van der Waals surface area contributed by atoms with Gasteiger partial charge in [0.25, 0.3) is 5.91 Å². The third kappa shape index (κ3) is 2.30. The van der Waals surface area contributed by atoms with Crippen molar-refractivity contribution in [3.05, 3.63) is 34.6 Å². The third-order valence-corrected chi connectivity index (χ3v) is 3.44. The Bertz CT molecular complexity index is 546. The van der Waals surface area contributed by atoms with Gasteiger partial charge in [-0.25, -0.2) is 4.98 Å². The molecule has 0 unspecified atom stereocenters. The highest BCUT2D eigenvalue weighted by atomic mass is 32.1. The number of nitrogens with zero attached hydrogens (tertiary/aromatic N) is 2. The average molecular weight is 265 g/mol. The summed E-state index contributed by atoms with van der Waals surface area (Å²) in [6, 6.07) is 1.84. The van der Waals surface area contributed by atoms with Gasteiger partial charge < -0.3 is 10.4 Å². The molecule has 0 aliphatic heterocycles. The first-order valence-electron chi connectivity index (χ1n) is 5.63. The van der Waals surface area contributed by atoms with Crippen molar-refractivity contribution in [3.63, 3.8) is 0 Å². The lowest BCUT2D eigenvalue weighted by Crippen LogP contribution is -2.26. The molecule has 0 fully saturated rings. The second-order valence-electron chi connectivity index (χ2n) is 3.91. The Morgan fingerprint density at radius 2 is 2.33 bits per heavy atom. The normalized spacial score (nSPS) is 10.6. The van der Waals surface area contributed by atoms with Gasteiger partial charge in [-0.3, -0.25) is 9.36 Å². The summed E-state index contributed by atoms with van der Waals surface area (Å²) in [4.78, 5) is 16.2. The Labute approximate surface area is 109 Å². The molecule has 0 aliphatic carbocycles. The summed E-state index contributed by atoms with van der Waals surface area (Å²) in [5.74, 6) is -0.167. The lowest BCUT2D eigenvalue weighted by Gasteiger charge is -2.06. The van der Waals surface area contributed by atoms with Crippen molar-refractivity contribution >= 4 is 17.2 Å². The molecule has 0 aromatic carbocycles. The number of hydrogen-bond donors (Lipinski definition) is 2. The number of amides is 1. The van der Waals surface area contributed by atoms with Gasteiger partial charge in [0.1, 0.15) is 0 Å². The largest absolute Gasteiger partial charge is 0.395 e. The first-order valence-corrected chi connectivity index (χ1v) is 6.51. The van der Waals surface area contributed by atoms with E-state index in [2.05, 4.69) is 10.3 Å². The predicted molar refractivity (Wildman–Crippen MR) is 70.3 cm³/mol. The van der Waals surface area contributed by atoms with Gasteiger partial charge in [0, 0.05) is 29.5 Å². The maximum atomic E-state index is 11.9. The van der Waals surface area contributed by atoms with E-state index in [-0.39, 0.29) is 19.1 Å². The molecule has 2 heterocycles. The van der Waals surface area contributed by atoms with Gasteiger partial charge in [0.05, 0.1) is 12.2 Å². The van der Waals surface area contributed by atoms with Crippen molar-refractivity contribution in [1.82, 2.24) is 14.9 Å². The molecule has 0 bridgehead atoms. The monoisotopic (exact) mass is 265 g/mol. The average Bonchev–Trinajstić information content (AvgIpc) is 2.94. The number of hydrogen-bond acceptors (Lipinski definition) is 4. The van der Waals surface area contributed by atoms with Gasteiger partial charge >= 0.3 is 0 Å². The zero-order valence-corrected chi connectivity index (χ0v) is 11.1. The van der Waals surface area contributed by atoms with E-state index in [0.29, 0.717) is 5.56 Å². The molecule has 0 aliphatic rings. The van der Waals surface area contributed by atoms with Gasteiger partial charge in [-0.1, -0.05) is 0 Å². The molecule has 18 heavy (non-hydrogen) atoms. The zero-order chi connectivity index (χ0) is 13.1. The number of rotatable bonds is 4. The highest BCUT2D eigenvalue weighted by Crippen LogP contribution is 2.22. The van der Waals surface area contributed by atoms with Crippen molar-refractivity contribution in [1.29, 1.82) is 0 Å². The molecule has 0 atom stereocenters. The molecule has 5 nitrogen and oxygen atoms in total. The number of aromatic nitrogens is 2. The van der Waals surface area contributed by atoms with Gasteiger partial charge in [0.15, 0.2) is 5.13 Å². The van der Waals surface area contributed by atoms with E-state index in [1.807, 2.05) is 29.9 Å². The Morgan fingerprint density at radius 1 is 1.56 bits per heavy atom. The fourth-order valence-corrected chi connectivity index (χ4v) is 2.63. The summed E-state index contributed by atoms with van der Waals surface area (Å²) in [5.41, 5.74) is 2.45. The van der Waals surface area contributed by atoms with E-state index in [1.54, 1.807) is 6.20 Å². The van der Waals surface area contributed by atoms with Gasteiger partial charge in [-0.05, 0) is 19.9 Å². The van der Waals surface area contributed by atoms with Crippen LogP contribution in [0.1, 0.15) is 21.7 Å². The minimum Gasteiger partial charge on any atom is -0.395 e. The molecule has 2 rings (SSSR count). The number of nitrogens with one attached hydrogen (secondary N) is 1. The smallest absolute Gasteiger partial charge is 0.253 e. The van der Waals surface area contributed by atoms with E-state index in [9.17, 15) is 4.79 Å². The van der Waals surface area contributed by atoms with Crippen LogP contribution in [0, 0.1) is 13.8 Å². The van der Waals surface area contributed by atoms with Crippen LogP contribution >= 0.6 is 11.3 Å². The lowest BCUT2D eigenvalue weighted by molar-refractivity contribution is 0.0944. The van der Waals surface area contributed by atoms with Crippen LogP contribution in [0.25, 0.3) is 5.13 Å². The van der Waals surface area contributed by atoms with Crippen molar-refractivity contribution in [2.24, 2.45) is 0 Å². The second-order valence-corrected chi connectivity index (χ2v) is 4.79. The van der Waals surface area contributed by atoms with Crippen molar-refractivity contribution in [2.45, 2.75) is 13.8 Å². The van der Waals surface area contributed by atoms with E-state index in [1.165, 1.54) is 11.3 Å². The van der Waals surface area contributed by atoms with Crippen LogP contribution in [0.5, 0.6) is 0 Å². The van der Waals surface area contributed by atoms with Crippen LogP contribution < -0.4 is 5.32 Å². The lowest BCUT2D eigenvalue weighted by atomic mass is 10.2. The second kappa shape index (κ2) is 5.32. The van der Waals surface area contributed by atoms with Gasteiger partial charge in [0.2, 0.25) is 0 Å². The summed E-state index contributed by atoms with van der Waals surface area (Å²) in [5, 5.41) is 14.1. The molecular formula is C12H15N3O2S. The summed E-state index contributed by atoms with van der Waals surface area (Å²) in [6.07, 6.45) is 1.74. The summed E-state index contributed by atoms with van der Waals surface area (Å²) >= 11 is 1.53. The minimum atomic E-state index is -0.167. The Balaban J connectivity index is 2.35. The van der Waals surface area contributed by atoms with Gasteiger partial charge in [-0.2, -0.15) is 0 Å². The number of thiazole rings is 1. The standard InChI is InChI=1S/C12H15N3O2S/c1-8-7-10(11(17)13-3-5-16)9(2)15(8)12-14-4-6-18-12/h4,6-7,16H,3,5H2,1-2H3,(H,13,17). The minimum absolute atomic E-state index is 0.0586. The predicted octanol–water partition coefficient (Wildman–Crippen LogP) is 1.27. The Kier molecular flexibility index (Phi) is 3.78. The van der Waals surface area contributed by atoms with Gasteiger partial charge in [-0.15, -0.1) is 11.3 Å². The van der Waals surface area contributed by atoms with Crippen LogP contribution in [0.15, 0.2) is 17.6 Å². The maximum absolute atomic E-state index is 11.9. The third-order valence-electron chi connectivity index (χ3n) is 2.68. The number of carbonyl (C=O) groups is 1.